The predicted octanol–water partition coefficient (Wildman–Crippen LogP) is 6.93. The number of alkyl halides is 3. The van der Waals surface area contributed by atoms with Crippen molar-refractivity contribution in [1.29, 1.82) is 0 Å². The summed E-state index contributed by atoms with van der Waals surface area (Å²) < 4.78 is 43.5. The number of hydrogen-bond donors (Lipinski definition) is 3. The third-order valence-corrected chi connectivity index (χ3v) is 8.09. The van der Waals surface area contributed by atoms with Crippen molar-refractivity contribution in [3.8, 4) is 22.4 Å². The Hall–Kier alpha value is -4.94. The Bertz CT molecular complexity index is 1840. The Balaban J connectivity index is 0.00000417. The molecule has 5 aromatic rings. The molecule has 2 aromatic heterocycles. The first kappa shape index (κ1) is 32.5. The molecule has 3 aromatic carbocycles. The first-order chi connectivity index (χ1) is 21.5. The van der Waals surface area contributed by atoms with Gasteiger partial charge in [-0.3, -0.25) is 14.9 Å². The maximum Gasteiger partial charge on any atom is 0.416 e. The van der Waals surface area contributed by atoms with Crippen molar-refractivity contribution in [2.45, 2.75) is 20.1 Å². The fraction of sp³-hybridized carbons (Fsp3) is 0.265. The molecule has 1 saturated heterocycles. The van der Waals surface area contributed by atoms with Crippen LogP contribution in [0.15, 0.2) is 79.0 Å². The van der Waals surface area contributed by atoms with Gasteiger partial charge in [0.2, 0.25) is 0 Å². The summed E-state index contributed by atoms with van der Waals surface area (Å²) in [5.41, 5.74) is 9.13. The number of carbonyl (C=O) groups excluding carboxylic acids is 1. The average molecular weight is 631 g/mol. The number of aromatic nitrogens is 3. The van der Waals surface area contributed by atoms with Gasteiger partial charge in [0.1, 0.15) is 5.82 Å². The first-order valence-electron chi connectivity index (χ1n) is 14.5. The van der Waals surface area contributed by atoms with Crippen LogP contribution < -0.4 is 16.4 Å². The summed E-state index contributed by atoms with van der Waals surface area (Å²) in [6.07, 6.45) is -2.87. The van der Waals surface area contributed by atoms with E-state index in [1.807, 2.05) is 54.4 Å². The molecule has 4 N–H and O–H groups in total. The van der Waals surface area contributed by atoms with Crippen LogP contribution in [0.2, 0.25) is 0 Å². The maximum atomic E-state index is 14.0. The lowest BCUT2D eigenvalue weighted by Crippen LogP contribution is -2.44. The summed E-state index contributed by atoms with van der Waals surface area (Å²) >= 11 is 0. The van der Waals surface area contributed by atoms with Crippen molar-refractivity contribution < 1.29 is 18.0 Å². The van der Waals surface area contributed by atoms with Crippen molar-refractivity contribution in [3.05, 3.63) is 90.1 Å². The van der Waals surface area contributed by atoms with E-state index in [-0.39, 0.29) is 31.0 Å². The summed E-state index contributed by atoms with van der Waals surface area (Å²) in [7, 11) is 3.75. The molecule has 1 aliphatic rings. The summed E-state index contributed by atoms with van der Waals surface area (Å²) in [6, 6.07) is 20.8. The van der Waals surface area contributed by atoms with E-state index in [1.165, 1.54) is 12.1 Å². The topological polar surface area (TPSA) is 104 Å². The van der Waals surface area contributed by atoms with Gasteiger partial charge in [-0.1, -0.05) is 49.9 Å². The molecule has 1 fully saturated rings. The third-order valence-electron chi connectivity index (χ3n) is 8.09. The molecule has 9 nitrogen and oxygen atoms in total. The monoisotopic (exact) mass is 630 g/mol. The van der Waals surface area contributed by atoms with Crippen LogP contribution in [-0.4, -0.2) is 63.8 Å². The summed E-state index contributed by atoms with van der Waals surface area (Å²) in [4.78, 5) is 21.1. The fourth-order valence-electron chi connectivity index (χ4n) is 5.59. The van der Waals surface area contributed by atoms with Crippen LogP contribution in [0.25, 0.3) is 33.2 Å². The molecule has 12 heteroatoms. The van der Waals surface area contributed by atoms with Crippen molar-refractivity contribution >= 4 is 34.1 Å². The Morgan fingerprint density at radius 3 is 2.28 bits per heavy atom. The summed E-state index contributed by atoms with van der Waals surface area (Å²) in [5, 5.41) is 11.4. The molecular formula is C34H37F3N8O. The quantitative estimate of drug-likeness (QED) is 0.188. The third kappa shape index (κ3) is 7.13. The SMILES string of the molecule is C.CN1CCN(Cc2ccc(NC(=O)Nc3cc(-c4ccc(-c5ccc6c(N)nccc6c5)cc4)n(C)n3)cc2C(F)(F)F)CC1. The molecule has 0 unspecified atom stereocenters. The molecule has 46 heavy (non-hydrogen) atoms. The van der Waals surface area contributed by atoms with Crippen LogP contribution in [0.1, 0.15) is 18.6 Å². The minimum Gasteiger partial charge on any atom is -0.383 e. The summed E-state index contributed by atoms with van der Waals surface area (Å²) in [5.74, 6) is 0.752. The molecule has 0 saturated carbocycles. The second-order valence-corrected chi connectivity index (χ2v) is 11.3. The van der Waals surface area contributed by atoms with Gasteiger partial charge in [-0.25, -0.2) is 9.78 Å². The fourth-order valence-corrected chi connectivity index (χ4v) is 5.59. The number of pyridine rings is 1. The van der Waals surface area contributed by atoms with E-state index in [0.29, 0.717) is 18.9 Å². The maximum absolute atomic E-state index is 14.0. The lowest BCUT2D eigenvalue weighted by Gasteiger charge is -2.33. The van der Waals surface area contributed by atoms with Crippen LogP contribution in [0.4, 0.5) is 35.3 Å². The van der Waals surface area contributed by atoms with Gasteiger partial charge in [-0.2, -0.15) is 18.3 Å². The number of hydrogen-bond acceptors (Lipinski definition) is 6. The summed E-state index contributed by atoms with van der Waals surface area (Å²) in [6.45, 7) is 3.21. The molecule has 3 heterocycles. The zero-order chi connectivity index (χ0) is 31.7. The number of urea groups is 1. The zero-order valence-corrected chi connectivity index (χ0v) is 24.9. The normalized spacial score (nSPS) is 14.2. The Kier molecular flexibility index (Phi) is 9.31. The first-order valence-corrected chi connectivity index (χ1v) is 14.5. The highest BCUT2D eigenvalue weighted by atomic mass is 19.4. The van der Waals surface area contributed by atoms with Crippen LogP contribution in [0, 0.1) is 0 Å². The van der Waals surface area contributed by atoms with Gasteiger partial charge in [-0.05, 0) is 59.0 Å². The number of likely N-dealkylation sites (N-methyl/N-ethyl adjacent to an activating group) is 1. The van der Waals surface area contributed by atoms with E-state index in [0.717, 1.165) is 52.3 Å². The zero-order valence-electron chi connectivity index (χ0n) is 24.9. The van der Waals surface area contributed by atoms with Crippen LogP contribution >= 0.6 is 0 Å². The minimum atomic E-state index is -4.55. The van der Waals surface area contributed by atoms with Gasteiger partial charge in [0.15, 0.2) is 5.82 Å². The molecule has 0 bridgehead atoms. The molecule has 240 valence electrons. The van der Waals surface area contributed by atoms with Gasteiger partial charge >= 0.3 is 12.2 Å². The molecular weight excluding hydrogens is 593 g/mol. The van der Waals surface area contributed by atoms with Crippen molar-refractivity contribution in [1.82, 2.24) is 24.6 Å². The number of anilines is 3. The Morgan fingerprint density at radius 2 is 1.57 bits per heavy atom. The van der Waals surface area contributed by atoms with Crippen molar-refractivity contribution in [2.75, 3.05) is 49.6 Å². The second kappa shape index (κ2) is 13.2. The molecule has 0 atom stereocenters. The number of amides is 2. The number of aryl methyl sites for hydroxylation is 1. The van der Waals surface area contributed by atoms with Gasteiger partial charge in [0, 0.05) is 63.1 Å². The van der Waals surface area contributed by atoms with Crippen LogP contribution in [0.3, 0.4) is 0 Å². The van der Waals surface area contributed by atoms with E-state index in [1.54, 1.807) is 24.0 Å². The number of nitrogens with zero attached hydrogens (tertiary/aromatic N) is 5. The lowest BCUT2D eigenvalue weighted by molar-refractivity contribution is -0.138. The molecule has 2 amide bonds. The predicted molar refractivity (Wildman–Crippen MR) is 177 cm³/mol. The molecule has 6 rings (SSSR count). The van der Waals surface area contributed by atoms with Crippen LogP contribution in [-0.2, 0) is 19.8 Å². The van der Waals surface area contributed by atoms with Gasteiger partial charge < -0.3 is 16.0 Å². The number of carbonyl (C=O) groups is 1. The molecule has 0 aliphatic carbocycles. The number of halogens is 3. The number of nitrogens with two attached hydrogens (primary N) is 1. The number of nitrogen functional groups attached to an aromatic ring is 1. The van der Waals surface area contributed by atoms with Gasteiger partial charge in [-0.15, -0.1) is 0 Å². The highest BCUT2D eigenvalue weighted by Gasteiger charge is 2.34. The van der Waals surface area contributed by atoms with Gasteiger partial charge in [0.05, 0.1) is 11.3 Å². The number of nitrogens with one attached hydrogen (secondary N) is 2. The van der Waals surface area contributed by atoms with E-state index in [2.05, 4.69) is 31.7 Å². The molecule has 1 aliphatic heterocycles. The number of benzene rings is 3. The average Bonchev–Trinajstić information content (AvgIpc) is 3.37. The standard InChI is InChI=1S/C33H33F3N8O.CH4/c1-42-13-15-44(16-14-42)20-25-7-9-26(18-28(25)33(34,35)36)39-32(45)40-30-19-29(43(2)41-30)22-5-3-21(4-6-22)23-8-10-27-24(17-23)11-12-38-31(27)37;/h3-12,17-19H,13-16,20H2,1-2H3,(H2,37,38)(H2,39,40,41,45);1H4. The minimum absolute atomic E-state index is 0. The van der Waals surface area contributed by atoms with E-state index in [9.17, 15) is 18.0 Å². The van der Waals surface area contributed by atoms with E-state index >= 15 is 0 Å². The highest BCUT2D eigenvalue weighted by molar-refractivity contribution is 5.99. The molecule has 0 spiro atoms. The Labute approximate surface area is 265 Å². The lowest BCUT2D eigenvalue weighted by atomic mass is 10.00. The van der Waals surface area contributed by atoms with E-state index < -0.39 is 17.8 Å². The second-order valence-electron chi connectivity index (χ2n) is 11.3. The van der Waals surface area contributed by atoms with Crippen LogP contribution in [0.5, 0.6) is 0 Å². The number of rotatable bonds is 6. The smallest absolute Gasteiger partial charge is 0.383 e. The largest absolute Gasteiger partial charge is 0.416 e. The number of fused-ring (bicyclic) bond motifs is 1. The van der Waals surface area contributed by atoms with E-state index in [4.69, 9.17) is 5.73 Å². The van der Waals surface area contributed by atoms with Gasteiger partial charge in [0.25, 0.3) is 0 Å². The number of piperazine rings is 1. The van der Waals surface area contributed by atoms with Crippen molar-refractivity contribution in [3.63, 3.8) is 0 Å². The van der Waals surface area contributed by atoms with Crippen molar-refractivity contribution in [2.24, 2.45) is 7.05 Å². The molecule has 0 radical (unpaired) electrons. The Morgan fingerprint density at radius 1 is 0.870 bits per heavy atom. The highest BCUT2D eigenvalue weighted by Crippen LogP contribution is 2.35.